The van der Waals surface area contributed by atoms with Gasteiger partial charge in [0.25, 0.3) is 11.8 Å². The number of nitrogens with two attached hydrogens (primary N) is 1. The summed E-state index contributed by atoms with van der Waals surface area (Å²) in [5, 5.41) is 12.6. The third-order valence-electron chi connectivity index (χ3n) is 8.00. The lowest BCUT2D eigenvalue weighted by molar-refractivity contribution is -0.141. The predicted octanol–water partition coefficient (Wildman–Crippen LogP) is 5.81. The van der Waals surface area contributed by atoms with Gasteiger partial charge in [0.1, 0.15) is 6.54 Å². The molecule has 1 atom stereocenters. The highest BCUT2D eigenvalue weighted by atomic mass is 19.3. The summed E-state index contributed by atoms with van der Waals surface area (Å²) < 4.78 is 42.4. The van der Waals surface area contributed by atoms with E-state index < -0.39 is 42.8 Å². The Morgan fingerprint density at radius 1 is 1.22 bits per heavy atom. The maximum atomic E-state index is 14.9. The molecule has 1 saturated carbocycles. The van der Waals surface area contributed by atoms with E-state index in [9.17, 15) is 32.7 Å². The summed E-state index contributed by atoms with van der Waals surface area (Å²) in [6, 6.07) is 2.54. The molecule has 0 aromatic heterocycles. The molecule has 3 rings (SSSR count). The monoisotopic (exact) mass is 628 g/mol. The van der Waals surface area contributed by atoms with E-state index in [0.29, 0.717) is 35.4 Å². The number of nitrogens with zero attached hydrogens (tertiary/aromatic N) is 2. The van der Waals surface area contributed by atoms with E-state index in [1.165, 1.54) is 12.2 Å². The maximum Gasteiger partial charge on any atom is 0.322 e. The normalized spacial score (nSPS) is 18.2. The fourth-order valence-electron chi connectivity index (χ4n) is 5.77. The van der Waals surface area contributed by atoms with Crippen LogP contribution in [-0.2, 0) is 11.2 Å². The van der Waals surface area contributed by atoms with E-state index >= 15 is 0 Å². The lowest BCUT2D eigenvalue weighted by Crippen LogP contribution is -2.53. The number of carbonyl (C=O) groups excluding carboxylic acids is 3. The van der Waals surface area contributed by atoms with E-state index in [0.717, 1.165) is 47.1 Å². The number of aliphatic hydroxyl groups is 1. The van der Waals surface area contributed by atoms with Crippen LogP contribution in [0.15, 0.2) is 72.8 Å². The van der Waals surface area contributed by atoms with Crippen molar-refractivity contribution in [1.82, 2.24) is 15.1 Å². The van der Waals surface area contributed by atoms with Crippen molar-refractivity contribution in [2.45, 2.75) is 70.3 Å². The Labute approximate surface area is 262 Å². The van der Waals surface area contributed by atoms with Crippen LogP contribution in [0, 0.1) is 0 Å². The van der Waals surface area contributed by atoms with E-state index in [-0.39, 0.29) is 37.9 Å². The molecule has 1 unspecified atom stereocenters. The number of rotatable bonds is 14. The van der Waals surface area contributed by atoms with Crippen molar-refractivity contribution in [2.24, 2.45) is 5.73 Å². The van der Waals surface area contributed by atoms with Crippen LogP contribution in [0.4, 0.5) is 18.0 Å². The van der Waals surface area contributed by atoms with Crippen molar-refractivity contribution in [3.63, 3.8) is 0 Å². The van der Waals surface area contributed by atoms with Crippen molar-refractivity contribution in [3.05, 3.63) is 89.4 Å². The van der Waals surface area contributed by atoms with Crippen LogP contribution >= 0.6 is 0 Å². The van der Waals surface area contributed by atoms with Crippen LogP contribution in [-0.4, -0.2) is 71.0 Å². The fourth-order valence-corrected chi connectivity index (χ4v) is 5.77. The Morgan fingerprint density at radius 2 is 2.00 bits per heavy atom. The van der Waals surface area contributed by atoms with Crippen molar-refractivity contribution in [2.75, 3.05) is 26.2 Å². The van der Waals surface area contributed by atoms with Gasteiger partial charge in [0.15, 0.2) is 0 Å². The number of carbonyl (C=O) groups is 3. The average Bonchev–Trinajstić information content (AvgIpc) is 3.21. The number of alkyl halides is 2. The molecule has 0 spiro atoms. The molecule has 2 aliphatic carbocycles. The Kier molecular flexibility index (Phi) is 13.2. The first kappa shape index (κ1) is 35.4. The van der Waals surface area contributed by atoms with Crippen molar-refractivity contribution in [3.8, 4) is 0 Å². The zero-order valence-corrected chi connectivity index (χ0v) is 25.7. The third-order valence-corrected chi connectivity index (χ3v) is 8.00. The summed E-state index contributed by atoms with van der Waals surface area (Å²) in [5.74, 6) is -4.89. The highest BCUT2D eigenvalue weighted by molar-refractivity contribution is 6.07. The number of aliphatic hydroxyl groups excluding tert-OH is 1. The van der Waals surface area contributed by atoms with Gasteiger partial charge >= 0.3 is 6.03 Å². The van der Waals surface area contributed by atoms with Crippen LogP contribution in [0.3, 0.4) is 0 Å². The second kappa shape index (κ2) is 16.8. The molecule has 1 aromatic rings. The van der Waals surface area contributed by atoms with Gasteiger partial charge in [-0.3, -0.25) is 14.5 Å². The molecule has 0 aliphatic heterocycles. The summed E-state index contributed by atoms with van der Waals surface area (Å²) in [6.07, 6.45) is 11.6. The Bertz CT molecular complexity index is 1370. The highest BCUT2D eigenvalue weighted by Gasteiger charge is 2.48. The second-order valence-corrected chi connectivity index (χ2v) is 11.1. The van der Waals surface area contributed by atoms with Gasteiger partial charge in [0.05, 0.1) is 19.0 Å². The van der Waals surface area contributed by atoms with Gasteiger partial charge in [-0.05, 0) is 67.4 Å². The number of allylic oxidation sites excluding steroid dienone is 6. The zero-order valence-electron chi connectivity index (χ0n) is 25.7. The number of hydrogen-bond donors (Lipinski definition) is 3. The van der Waals surface area contributed by atoms with Crippen LogP contribution in [0.2, 0.25) is 0 Å². The average molecular weight is 629 g/mol. The van der Waals surface area contributed by atoms with E-state index in [1.54, 1.807) is 12.1 Å². The number of benzene rings is 1. The number of amides is 4. The molecular formula is C34H43F3N4O4. The minimum atomic E-state index is -3.18. The van der Waals surface area contributed by atoms with Gasteiger partial charge < -0.3 is 21.1 Å². The number of urea groups is 1. The summed E-state index contributed by atoms with van der Waals surface area (Å²) >= 11 is 0. The molecule has 0 saturated heterocycles. The van der Waals surface area contributed by atoms with Gasteiger partial charge in [0.2, 0.25) is 5.91 Å². The van der Waals surface area contributed by atoms with Crippen molar-refractivity contribution >= 4 is 23.4 Å². The number of hydrogen-bond acceptors (Lipinski definition) is 5. The van der Waals surface area contributed by atoms with E-state index in [1.807, 2.05) is 19.1 Å². The predicted molar refractivity (Wildman–Crippen MR) is 169 cm³/mol. The fraction of sp³-hybridized carbons (Fsp3) is 0.441. The summed E-state index contributed by atoms with van der Waals surface area (Å²) in [7, 11) is 0. The lowest BCUT2D eigenvalue weighted by Gasteiger charge is -2.34. The standard InChI is InChI=1S/C34H43F3N4O4/c1-3-10-25-21-26(27-12-6-5-7-13-29(27)39-19-20-42)15-16-28(25)32(44)41(33(38)45)23-31(43)40(22-24(4-2)11-9-18-35)30-14-8-17-34(30,36)37/h4,6,9,11-12,15-16,18,21,30,39,42H,2-3,5,7-8,10,13-14,17,19-20,22-23H2,1H3,(H2,38,45)/b18-9+,24-11+. The number of imide groups is 1. The summed E-state index contributed by atoms with van der Waals surface area (Å²) in [5.41, 5.74) is 9.46. The number of nitrogens with one attached hydrogen (secondary N) is 1. The lowest BCUT2D eigenvalue weighted by atomic mass is 9.94. The molecular weight excluding hydrogens is 585 g/mol. The minimum absolute atomic E-state index is 0.0215. The SMILES string of the molecule is C=C/C(=C\C=C\F)CN(C(=O)CN(C(N)=O)C(=O)c1ccc(C2=C(NCCO)CCCC=C2)cc1CCC)C1CCCC1(F)F. The first-order valence-electron chi connectivity index (χ1n) is 15.3. The second-order valence-electron chi connectivity index (χ2n) is 11.1. The first-order valence-corrected chi connectivity index (χ1v) is 15.3. The largest absolute Gasteiger partial charge is 0.395 e. The first-order chi connectivity index (χ1) is 21.6. The molecule has 2 aliphatic rings. The quantitative estimate of drug-likeness (QED) is 0.225. The van der Waals surface area contributed by atoms with Gasteiger partial charge in [-0.2, -0.15) is 0 Å². The molecule has 45 heavy (non-hydrogen) atoms. The van der Waals surface area contributed by atoms with Gasteiger partial charge in [-0.25, -0.2) is 18.0 Å². The van der Waals surface area contributed by atoms with E-state index in [2.05, 4.69) is 18.0 Å². The molecule has 4 N–H and O–H groups in total. The molecule has 1 aromatic carbocycles. The minimum Gasteiger partial charge on any atom is -0.395 e. The number of aryl methyl sites for hydroxylation is 1. The van der Waals surface area contributed by atoms with Gasteiger partial charge in [-0.1, -0.05) is 56.4 Å². The number of halogens is 3. The Morgan fingerprint density at radius 3 is 2.62 bits per heavy atom. The highest BCUT2D eigenvalue weighted by Crippen LogP contribution is 2.39. The van der Waals surface area contributed by atoms with Gasteiger partial charge in [-0.15, -0.1) is 0 Å². The van der Waals surface area contributed by atoms with Crippen LogP contribution < -0.4 is 11.1 Å². The third kappa shape index (κ3) is 9.20. The Balaban J connectivity index is 1.98. The molecule has 244 valence electrons. The van der Waals surface area contributed by atoms with Crippen LogP contribution in [0.25, 0.3) is 5.57 Å². The Hall–Kier alpha value is -4.12. The molecule has 0 bridgehead atoms. The van der Waals surface area contributed by atoms with Crippen molar-refractivity contribution < 1.29 is 32.7 Å². The van der Waals surface area contributed by atoms with Crippen LogP contribution in [0.5, 0.6) is 0 Å². The summed E-state index contributed by atoms with van der Waals surface area (Å²) in [4.78, 5) is 41.5. The molecule has 8 nitrogen and oxygen atoms in total. The molecule has 0 radical (unpaired) electrons. The molecule has 1 fully saturated rings. The molecule has 4 amide bonds. The van der Waals surface area contributed by atoms with Crippen molar-refractivity contribution in [1.29, 1.82) is 0 Å². The van der Waals surface area contributed by atoms with Crippen LogP contribution in [0.1, 0.15) is 73.4 Å². The van der Waals surface area contributed by atoms with Gasteiger partial charge in [0, 0.05) is 36.3 Å². The molecule has 11 heteroatoms. The smallest absolute Gasteiger partial charge is 0.322 e. The van der Waals surface area contributed by atoms with E-state index in [4.69, 9.17) is 5.73 Å². The maximum absolute atomic E-state index is 14.9. The topological polar surface area (TPSA) is 116 Å². The number of primary amides is 1. The zero-order chi connectivity index (χ0) is 33.0. The summed E-state index contributed by atoms with van der Waals surface area (Å²) in [6.45, 7) is 4.78. The molecule has 0 heterocycles.